The first-order valence-electron chi connectivity index (χ1n) is 3.53. The summed E-state index contributed by atoms with van der Waals surface area (Å²) in [6.45, 7) is 14.1. The molecule has 0 spiro atoms. The largest absolute Gasteiger partial charge is 1.00 e. The molecular weight excluding hydrogens is 175 g/mol. The van der Waals surface area contributed by atoms with Crippen LogP contribution in [0.2, 0.25) is 0 Å². The second-order valence-electron chi connectivity index (χ2n) is 1.49. The average molecular weight is 190 g/mol. The molecule has 0 atom stereocenters. The predicted octanol–water partition coefficient (Wildman–Crippen LogP) is -0.811. The Kier molecular flexibility index (Phi) is 21.2. The molecule has 0 saturated heterocycles. The average Bonchev–Trinajstić information content (AvgIpc) is 2.03. The minimum atomic E-state index is -0.232. The van der Waals surface area contributed by atoms with Crippen LogP contribution in [-0.4, -0.2) is 0 Å². The van der Waals surface area contributed by atoms with Gasteiger partial charge in [0.15, 0.2) is 0 Å². The predicted molar refractivity (Wildman–Crippen MR) is 49.0 cm³/mol. The Morgan fingerprint density at radius 2 is 1.67 bits per heavy atom. The van der Waals surface area contributed by atoms with Crippen LogP contribution in [0.5, 0.6) is 0 Å². The van der Waals surface area contributed by atoms with Crippen LogP contribution in [0, 0.1) is 0 Å². The molecule has 0 N–H and O–H groups in total. The zero-order chi connectivity index (χ0) is 9.28. The molecule has 0 heterocycles. The van der Waals surface area contributed by atoms with Crippen LogP contribution in [0.1, 0.15) is 13.8 Å². The van der Waals surface area contributed by atoms with E-state index in [-0.39, 0.29) is 57.1 Å². The summed E-state index contributed by atoms with van der Waals surface area (Å²) in [6, 6.07) is 0. The van der Waals surface area contributed by atoms with Crippen molar-refractivity contribution in [2.75, 3.05) is 0 Å². The minimum Gasteiger partial charge on any atom is -0.872 e. The summed E-state index contributed by atoms with van der Waals surface area (Å²) in [7, 11) is 0. The van der Waals surface area contributed by atoms with Gasteiger partial charge in [0, 0.05) is 0 Å². The summed E-state index contributed by atoms with van der Waals surface area (Å²) in [5.41, 5.74) is 0.491. The molecule has 0 amide bonds. The van der Waals surface area contributed by atoms with Gasteiger partial charge in [-0.25, -0.2) is 0 Å². The second kappa shape index (κ2) is 14.0. The zero-order valence-electron chi connectivity index (χ0n) is 8.26. The summed E-state index contributed by atoms with van der Waals surface area (Å²) in [5, 5.41) is 10.5. The Hall–Kier alpha value is 0.396. The maximum absolute atomic E-state index is 10.5. The molecule has 1 nitrogen and oxygen atoms in total. The fourth-order valence-electron chi connectivity index (χ4n) is 0.402. The van der Waals surface area contributed by atoms with Gasteiger partial charge in [0.2, 0.25) is 0 Å². The van der Waals surface area contributed by atoms with Gasteiger partial charge in [-0.2, -0.15) is 0 Å². The Morgan fingerprint density at radius 1 is 1.25 bits per heavy atom. The van der Waals surface area contributed by atoms with E-state index in [1.807, 2.05) is 13.8 Å². The molecule has 0 aromatic rings. The van der Waals surface area contributed by atoms with E-state index in [0.717, 1.165) is 0 Å². The molecule has 62 valence electrons. The molecule has 0 saturated carbocycles. The Morgan fingerprint density at radius 3 is 1.75 bits per heavy atom. The van der Waals surface area contributed by atoms with E-state index in [1.54, 1.807) is 6.08 Å². The van der Waals surface area contributed by atoms with Crippen molar-refractivity contribution in [3.63, 3.8) is 0 Å². The molecule has 0 fully saturated rings. The fraction of sp³-hybridized carbons (Fsp3) is 0.200. The molecule has 2 heteroatoms. The van der Waals surface area contributed by atoms with Gasteiger partial charge in [-0.1, -0.05) is 45.2 Å². The number of allylic oxidation sites excluding steroid dienone is 3. The SMILES string of the molecule is C=C/C=C(\C=C)C(=C)[O-].CC.[K+]. The van der Waals surface area contributed by atoms with Crippen LogP contribution in [0.15, 0.2) is 49.3 Å². The van der Waals surface area contributed by atoms with Crippen LogP contribution in [0.25, 0.3) is 0 Å². The standard InChI is InChI=1S/C8H10O.C2H6.K/c1-4-6-8(5-2)7(3)9;1-2;/h4-6,9H,1-3H2;1-2H3;/q;;+1/p-1/b8-6+;;. The van der Waals surface area contributed by atoms with Gasteiger partial charge in [-0.05, 0) is 5.57 Å². The van der Waals surface area contributed by atoms with Crippen molar-refractivity contribution in [1.29, 1.82) is 0 Å². The maximum Gasteiger partial charge on any atom is 1.00 e. The number of rotatable bonds is 3. The van der Waals surface area contributed by atoms with Crippen molar-refractivity contribution in [1.82, 2.24) is 0 Å². The first kappa shape index (κ1) is 18.2. The minimum absolute atomic E-state index is 0. The molecule has 0 radical (unpaired) electrons. The molecule has 12 heavy (non-hydrogen) atoms. The zero-order valence-corrected chi connectivity index (χ0v) is 11.4. The smallest absolute Gasteiger partial charge is 0.872 e. The monoisotopic (exact) mass is 190 g/mol. The van der Waals surface area contributed by atoms with E-state index in [4.69, 9.17) is 0 Å². The van der Waals surface area contributed by atoms with Crippen molar-refractivity contribution < 1.29 is 56.5 Å². The molecule has 0 rings (SSSR count). The topological polar surface area (TPSA) is 23.1 Å². The van der Waals surface area contributed by atoms with Gasteiger partial charge in [0.25, 0.3) is 0 Å². The van der Waals surface area contributed by atoms with E-state index >= 15 is 0 Å². The summed E-state index contributed by atoms with van der Waals surface area (Å²) in [6.07, 6.45) is 4.56. The van der Waals surface area contributed by atoms with Crippen LogP contribution in [0.3, 0.4) is 0 Å². The fourth-order valence-corrected chi connectivity index (χ4v) is 0.402. The van der Waals surface area contributed by atoms with Gasteiger partial charge >= 0.3 is 51.4 Å². The first-order chi connectivity index (χ1) is 5.22. The third kappa shape index (κ3) is 10.4. The van der Waals surface area contributed by atoms with Crippen LogP contribution in [-0.2, 0) is 0 Å². The van der Waals surface area contributed by atoms with Crippen LogP contribution >= 0.6 is 0 Å². The Labute approximate surface area is 118 Å². The molecule has 0 bridgehead atoms. The summed E-state index contributed by atoms with van der Waals surface area (Å²) in [5.74, 6) is -0.232. The van der Waals surface area contributed by atoms with Crippen molar-refractivity contribution >= 4 is 0 Å². The van der Waals surface area contributed by atoms with Gasteiger partial charge in [-0.15, -0.1) is 12.3 Å². The quantitative estimate of drug-likeness (QED) is 0.324. The van der Waals surface area contributed by atoms with E-state index in [9.17, 15) is 5.11 Å². The summed E-state index contributed by atoms with van der Waals surface area (Å²) >= 11 is 0. The molecule has 0 aliphatic carbocycles. The normalized spacial score (nSPS) is 8.33. The second-order valence-corrected chi connectivity index (χ2v) is 1.49. The van der Waals surface area contributed by atoms with Crippen molar-refractivity contribution in [3.8, 4) is 0 Å². The van der Waals surface area contributed by atoms with Gasteiger partial charge in [-0.3, -0.25) is 0 Å². The van der Waals surface area contributed by atoms with E-state index < -0.39 is 0 Å². The van der Waals surface area contributed by atoms with Crippen molar-refractivity contribution in [2.24, 2.45) is 0 Å². The van der Waals surface area contributed by atoms with Gasteiger partial charge < -0.3 is 5.11 Å². The third-order valence-electron chi connectivity index (χ3n) is 0.839. The molecule has 0 unspecified atom stereocenters. The molecule has 0 aliphatic heterocycles. The maximum atomic E-state index is 10.5. The van der Waals surface area contributed by atoms with Gasteiger partial charge in [0.1, 0.15) is 0 Å². The van der Waals surface area contributed by atoms with E-state index in [2.05, 4.69) is 19.7 Å². The van der Waals surface area contributed by atoms with Crippen LogP contribution in [0.4, 0.5) is 0 Å². The molecule has 0 aromatic heterocycles. The Balaban J connectivity index is -0.000000249. The number of hydrogen-bond acceptors (Lipinski definition) is 1. The molecule has 0 aliphatic rings. The van der Waals surface area contributed by atoms with E-state index in [0.29, 0.717) is 5.57 Å². The van der Waals surface area contributed by atoms with Gasteiger partial charge in [0.05, 0.1) is 0 Å². The van der Waals surface area contributed by atoms with Crippen LogP contribution < -0.4 is 56.5 Å². The van der Waals surface area contributed by atoms with Crippen molar-refractivity contribution in [3.05, 3.63) is 49.3 Å². The molecular formula is C10H15KO. The Bertz CT molecular complexity index is 169. The first-order valence-corrected chi connectivity index (χ1v) is 3.53. The number of hydrogen-bond donors (Lipinski definition) is 0. The van der Waals surface area contributed by atoms with Crippen molar-refractivity contribution in [2.45, 2.75) is 13.8 Å². The molecule has 0 aromatic carbocycles. The third-order valence-corrected chi connectivity index (χ3v) is 0.839. The summed E-state index contributed by atoms with van der Waals surface area (Å²) in [4.78, 5) is 0. The van der Waals surface area contributed by atoms with E-state index in [1.165, 1.54) is 12.2 Å². The summed E-state index contributed by atoms with van der Waals surface area (Å²) < 4.78 is 0.